The minimum absolute atomic E-state index is 0.0414. The molecule has 1 aliphatic heterocycles. The summed E-state index contributed by atoms with van der Waals surface area (Å²) < 4.78 is 11.0. The van der Waals surface area contributed by atoms with Gasteiger partial charge in [0.25, 0.3) is 0 Å². The van der Waals surface area contributed by atoms with E-state index in [0.717, 1.165) is 5.57 Å². The van der Waals surface area contributed by atoms with Crippen LogP contribution >= 0.6 is 0 Å². The van der Waals surface area contributed by atoms with Gasteiger partial charge in [0.2, 0.25) is 0 Å². The molecule has 0 N–H and O–H groups in total. The highest BCUT2D eigenvalue weighted by atomic mass is 16.6. The van der Waals surface area contributed by atoms with Crippen LogP contribution in [0, 0.1) is 5.92 Å². The van der Waals surface area contributed by atoms with Crippen molar-refractivity contribution >= 4 is 17.7 Å². The van der Waals surface area contributed by atoms with E-state index in [1.807, 2.05) is 6.92 Å². The first-order valence-corrected chi connectivity index (χ1v) is 8.36. The minimum atomic E-state index is -0.674. The summed E-state index contributed by atoms with van der Waals surface area (Å²) in [5.41, 5.74) is 2.06. The Kier molecular flexibility index (Phi) is 5.77. The van der Waals surface area contributed by atoms with Crippen LogP contribution in [0.1, 0.15) is 40.0 Å². The van der Waals surface area contributed by atoms with Crippen molar-refractivity contribution in [2.75, 3.05) is 0 Å². The van der Waals surface area contributed by atoms with Crippen LogP contribution in [0.4, 0.5) is 0 Å². The number of esters is 2. The van der Waals surface area contributed by atoms with Crippen LogP contribution in [0.25, 0.3) is 0 Å². The molecule has 0 saturated carbocycles. The van der Waals surface area contributed by atoms with Crippen molar-refractivity contribution in [1.82, 2.24) is 0 Å². The number of allylic oxidation sites excluding steroid dienone is 2. The van der Waals surface area contributed by atoms with Gasteiger partial charge in [-0.1, -0.05) is 24.8 Å². The SMILES string of the molecule is C=C1C[C@@H]2OC(=O)C(=C)[C@H]2[C@H](OC(=O)/C(C)=C\C)/C=C(\C)CCC1=O. The average Bonchev–Trinajstić information content (AvgIpc) is 2.84. The van der Waals surface area contributed by atoms with Crippen LogP contribution in [0.15, 0.2) is 47.6 Å². The van der Waals surface area contributed by atoms with Gasteiger partial charge in [0.15, 0.2) is 5.78 Å². The maximum Gasteiger partial charge on any atom is 0.334 e. The van der Waals surface area contributed by atoms with Crippen LogP contribution in [0.2, 0.25) is 0 Å². The lowest BCUT2D eigenvalue weighted by molar-refractivity contribution is -0.145. The fraction of sp³-hybridized carbons (Fsp3) is 0.450. The van der Waals surface area contributed by atoms with E-state index in [9.17, 15) is 14.4 Å². The number of ether oxygens (including phenoxy) is 2. The quantitative estimate of drug-likeness (QED) is 0.437. The highest BCUT2D eigenvalue weighted by Gasteiger charge is 2.45. The van der Waals surface area contributed by atoms with Crippen LogP contribution in [-0.2, 0) is 23.9 Å². The molecule has 1 heterocycles. The van der Waals surface area contributed by atoms with Crippen molar-refractivity contribution in [2.45, 2.75) is 52.2 Å². The zero-order valence-corrected chi connectivity index (χ0v) is 15.0. The maximum absolute atomic E-state index is 12.2. The van der Waals surface area contributed by atoms with Gasteiger partial charge < -0.3 is 9.47 Å². The van der Waals surface area contributed by atoms with Gasteiger partial charge in [-0.15, -0.1) is 0 Å². The average molecular weight is 344 g/mol. The van der Waals surface area contributed by atoms with E-state index in [0.29, 0.717) is 24.0 Å². The van der Waals surface area contributed by atoms with E-state index < -0.39 is 30.1 Å². The van der Waals surface area contributed by atoms with Gasteiger partial charge in [0.05, 0.1) is 5.92 Å². The summed E-state index contributed by atoms with van der Waals surface area (Å²) in [5.74, 6) is -1.54. The van der Waals surface area contributed by atoms with E-state index in [2.05, 4.69) is 13.2 Å². The Hall–Kier alpha value is -2.43. The monoisotopic (exact) mass is 344 g/mol. The number of ketones is 1. The smallest absolute Gasteiger partial charge is 0.334 e. The van der Waals surface area contributed by atoms with Crippen LogP contribution < -0.4 is 0 Å². The number of Topliss-reactive ketones (excluding diaryl/α,β-unsaturated/α-hetero) is 1. The maximum atomic E-state index is 12.2. The van der Waals surface area contributed by atoms with Gasteiger partial charge in [-0.2, -0.15) is 0 Å². The van der Waals surface area contributed by atoms with Crippen molar-refractivity contribution in [2.24, 2.45) is 5.92 Å². The lowest BCUT2D eigenvalue weighted by Gasteiger charge is -2.27. The molecule has 0 aromatic rings. The second-order valence-electron chi connectivity index (χ2n) is 6.58. The van der Waals surface area contributed by atoms with Gasteiger partial charge in [0.1, 0.15) is 12.2 Å². The largest absolute Gasteiger partial charge is 0.458 e. The molecular weight excluding hydrogens is 320 g/mol. The van der Waals surface area contributed by atoms with Gasteiger partial charge in [-0.05, 0) is 38.8 Å². The zero-order chi connectivity index (χ0) is 18.7. The Morgan fingerprint density at radius 2 is 2.00 bits per heavy atom. The Bertz CT molecular complexity index is 695. The molecule has 0 unspecified atom stereocenters. The van der Waals surface area contributed by atoms with Gasteiger partial charge in [-0.3, -0.25) is 4.79 Å². The Morgan fingerprint density at radius 1 is 1.32 bits per heavy atom. The molecule has 0 amide bonds. The normalized spacial score (nSPS) is 30.3. The predicted molar refractivity (Wildman–Crippen MR) is 93.6 cm³/mol. The molecule has 2 rings (SSSR count). The summed E-state index contributed by atoms with van der Waals surface area (Å²) in [6.45, 7) is 12.9. The predicted octanol–water partition coefficient (Wildman–Crippen LogP) is 3.22. The number of carbonyl (C=O) groups is 3. The lowest BCUT2D eigenvalue weighted by Crippen LogP contribution is -2.33. The Morgan fingerprint density at radius 3 is 2.64 bits per heavy atom. The minimum Gasteiger partial charge on any atom is -0.458 e. The molecular formula is C20H24O5. The third kappa shape index (κ3) is 4.16. The number of fused-ring (bicyclic) bond motifs is 1. The molecule has 3 atom stereocenters. The Labute approximate surface area is 148 Å². The molecule has 0 aromatic carbocycles. The van der Waals surface area contributed by atoms with E-state index in [1.165, 1.54) is 0 Å². The van der Waals surface area contributed by atoms with Crippen LogP contribution in [-0.4, -0.2) is 29.9 Å². The highest BCUT2D eigenvalue weighted by molar-refractivity contribution is 5.96. The number of hydrogen-bond donors (Lipinski definition) is 0. The van der Waals surface area contributed by atoms with E-state index >= 15 is 0 Å². The molecule has 5 heteroatoms. The van der Waals surface area contributed by atoms with Crippen LogP contribution in [0.3, 0.4) is 0 Å². The van der Waals surface area contributed by atoms with Crippen molar-refractivity contribution < 1.29 is 23.9 Å². The fourth-order valence-corrected chi connectivity index (χ4v) is 2.98. The number of carbonyl (C=O) groups excluding carboxylic acids is 3. The first-order chi connectivity index (χ1) is 11.7. The highest BCUT2D eigenvalue weighted by Crippen LogP contribution is 2.36. The first kappa shape index (κ1) is 18.9. The van der Waals surface area contributed by atoms with E-state index in [4.69, 9.17) is 9.47 Å². The second-order valence-corrected chi connectivity index (χ2v) is 6.58. The molecule has 25 heavy (non-hydrogen) atoms. The molecule has 1 fully saturated rings. The molecule has 0 bridgehead atoms. The standard InChI is InChI=1S/C20H24O5/c1-6-12(3)19(22)24-16-9-11(2)7-8-15(21)13(4)10-17-18(16)14(5)20(23)25-17/h6,9,16-18H,4-5,7-8,10H2,1-3H3/b11-9+,12-6-/t16-,17+,18+/m1/s1. The van der Waals surface area contributed by atoms with Gasteiger partial charge in [-0.25, -0.2) is 9.59 Å². The molecule has 2 aliphatic rings. The summed E-state index contributed by atoms with van der Waals surface area (Å²) in [5, 5.41) is 0. The summed E-state index contributed by atoms with van der Waals surface area (Å²) in [6.07, 6.45) is 3.29. The fourth-order valence-electron chi connectivity index (χ4n) is 2.98. The number of rotatable bonds is 2. The number of hydrogen-bond acceptors (Lipinski definition) is 5. The van der Waals surface area contributed by atoms with Crippen molar-refractivity contribution in [3.8, 4) is 0 Å². The van der Waals surface area contributed by atoms with Crippen molar-refractivity contribution in [3.05, 3.63) is 47.6 Å². The summed E-state index contributed by atoms with van der Waals surface area (Å²) in [7, 11) is 0. The van der Waals surface area contributed by atoms with Gasteiger partial charge >= 0.3 is 11.9 Å². The molecule has 134 valence electrons. The van der Waals surface area contributed by atoms with Crippen molar-refractivity contribution in [1.29, 1.82) is 0 Å². The molecule has 0 radical (unpaired) electrons. The topological polar surface area (TPSA) is 69.7 Å². The molecule has 1 aliphatic carbocycles. The van der Waals surface area contributed by atoms with E-state index in [-0.39, 0.29) is 17.8 Å². The second kappa shape index (κ2) is 7.64. The zero-order valence-electron chi connectivity index (χ0n) is 15.0. The molecule has 0 aromatic heterocycles. The lowest BCUT2D eigenvalue weighted by atomic mass is 9.84. The third-order valence-corrected chi connectivity index (χ3v) is 4.71. The van der Waals surface area contributed by atoms with Gasteiger partial charge in [0, 0.05) is 24.0 Å². The molecule has 5 nitrogen and oxygen atoms in total. The molecule has 0 spiro atoms. The summed E-state index contributed by atoms with van der Waals surface area (Å²) >= 11 is 0. The van der Waals surface area contributed by atoms with Crippen LogP contribution in [0.5, 0.6) is 0 Å². The first-order valence-electron chi connectivity index (χ1n) is 8.36. The molecule has 1 saturated heterocycles. The van der Waals surface area contributed by atoms with Crippen molar-refractivity contribution in [3.63, 3.8) is 0 Å². The third-order valence-electron chi connectivity index (χ3n) is 4.71. The van der Waals surface area contributed by atoms with E-state index in [1.54, 1.807) is 26.0 Å². The summed E-state index contributed by atoms with van der Waals surface area (Å²) in [6, 6.07) is 0. The Balaban J connectivity index is 2.42. The summed E-state index contributed by atoms with van der Waals surface area (Å²) in [4.78, 5) is 36.4.